The predicted octanol–water partition coefficient (Wildman–Crippen LogP) is 6.42. The number of nitrogens with zero attached hydrogens (tertiary/aromatic N) is 1. The molecular weight excluding hydrogens is 314 g/mol. The molecule has 0 aliphatic carbocycles. The molecule has 0 fully saturated rings. The monoisotopic (exact) mass is 351 g/mol. The van der Waals surface area contributed by atoms with Crippen LogP contribution in [0.3, 0.4) is 0 Å². The predicted molar refractivity (Wildman–Crippen MR) is 114 cm³/mol. The summed E-state index contributed by atoms with van der Waals surface area (Å²) in [6.45, 7) is 16.2. The van der Waals surface area contributed by atoms with Crippen LogP contribution in [0.5, 0.6) is 0 Å². The lowest BCUT2D eigenvalue weighted by Gasteiger charge is -2.42. The number of hydrogen-bond donors (Lipinski definition) is 0. The van der Waals surface area contributed by atoms with Crippen molar-refractivity contribution in [3.63, 3.8) is 0 Å². The van der Waals surface area contributed by atoms with Crippen molar-refractivity contribution in [2.24, 2.45) is 5.92 Å². The van der Waals surface area contributed by atoms with Gasteiger partial charge in [-0.15, -0.1) is 0 Å². The van der Waals surface area contributed by atoms with Gasteiger partial charge in [0.1, 0.15) is 0 Å². The second-order valence-electron chi connectivity index (χ2n) is 8.86. The highest BCUT2D eigenvalue weighted by Gasteiger charge is 2.32. The van der Waals surface area contributed by atoms with E-state index in [0.29, 0.717) is 6.04 Å². The molecule has 1 aromatic carbocycles. The van der Waals surface area contributed by atoms with Crippen LogP contribution in [-0.2, 0) is 19.3 Å². The Kier molecular flexibility index (Phi) is 6.07. The second-order valence-corrected chi connectivity index (χ2v) is 8.86. The maximum absolute atomic E-state index is 2.73. The third-order valence-electron chi connectivity index (χ3n) is 6.26. The Bertz CT molecular complexity index is 720. The molecule has 0 spiro atoms. The lowest BCUT2D eigenvalue weighted by atomic mass is 9.81. The van der Waals surface area contributed by atoms with E-state index in [2.05, 4.69) is 64.7 Å². The van der Waals surface area contributed by atoms with Crippen LogP contribution in [0, 0.1) is 5.92 Å². The van der Waals surface area contributed by atoms with Crippen molar-refractivity contribution in [3.8, 4) is 0 Å². The van der Waals surface area contributed by atoms with Crippen LogP contribution in [0.15, 0.2) is 34.9 Å². The zero-order valence-corrected chi connectivity index (χ0v) is 17.8. The van der Waals surface area contributed by atoms with Crippen LogP contribution < -0.4 is 0 Å². The largest absolute Gasteiger partial charge is 0.291 e. The van der Waals surface area contributed by atoms with Gasteiger partial charge in [-0.2, -0.15) is 0 Å². The summed E-state index contributed by atoms with van der Waals surface area (Å²) < 4.78 is 0. The average Bonchev–Trinajstić information content (AvgIpc) is 2.60. The van der Waals surface area contributed by atoms with Crippen molar-refractivity contribution in [1.29, 1.82) is 0 Å². The van der Waals surface area contributed by atoms with Gasteiger partial charge in [-0.05, 0) is 79.7 Å². The highest BCUT2D eigenvalue weighted by Crippen LogP contribution is 2.40. The summed E-state index contributed by atoms with van der Waals surface area (Å²) in [4.78, 5) is 2.73. The highest BCUT2D eigenvalue weighted by atomic mass is 15.2. The zero-order chi connectivity index (χ0) is 18.8. The molecule has 0 bridgehead atoms. The Balaban J connectivity index is 1.90. The van der Waals surface area contributed by atoms with Crippen molar-refractivity contribution in [2.75, 3.05) is 13.1 Å². The van der Waals surface area contributed by atoms with E-state index in [1.54, 1.807) is 33.4 Å². The molecule has 1 heteroatoms. The van der Waals surface area contributed by atoms with E-state index in [1.165, 1.54) is 31.4 Å². The van der Waals surface area contributed by atoms with Crippen molar-refractivity contribution < 1.29 is 0 Å². The van der Waals surface area contributed by atoms with E-state index >= 15 is 0 Å². The minimum absolute atomic E-state index is 0.595. The molecule has 1 aromatic rings. The fraction of sp³-hybridized carbons (Fsp3) is 0.600. The normalized spacial score (nSPS) is 21.2. The van der Waals surface area contributed by atoms with Gasteiger partial charge in [0, 0.05) is 19.1 Å². The lowest BCUT2D eigenvalue weighted by molar-refractivity contribution is 0.188. The van der Waals surface area contributed by atoms with Crippen LogP contribution in [0.1, 0.15) is 82.7 Å². The van der Waals surface area contributed by atoms with Crippen LogP contribution >= 0.6 is 0 Å². The summed E-state index contributed by atoms with van der Waals surface area (Å²) >= 11 is 0. The van der Waals surface area contributed by atoms with Gasteiger partial charge in [-0.3, -0.25) is 4.90 Å². The Morgan fingerprint density at radius 2 is 1.88 bits per heavy atom. The van der Waals surface area contributed by atoms with Crippen LogP contribution in [0.25, 0.3) is 0 Å². The number of hydrogen-bond acceptors (Lipinski definition) is 1. The van der Waals surface area contributed by atoms with Crippen molar-refractivity contribution in [1.82, 2.24) is 4.90 Å². The van der Waals surface area contributed by atoms with E-state index < -0.39 is 0 Å². The number of allylic oxidation sites excluding steroid dienone is 1. The van der Waals surface area contributed by atoms with E-state index in [9.17, 15) is 0 Å². The first-order valence-corrected chi connectivity index (χ1v) is 10.7. The summed E-state index contributed by atoms with van der Waals surface area (Å²) in [5.41, 5.74) is 11.1. The van der Waals surface area contributed by atoms with Crippen molar-refractivity contribution in [2.45, 2.75) is 79.7 Å². The Morgan fingerprint density at radius 3 is 2.54 bits per heavy atom. The maximum atomic E-state index is 2.73. The smallest absolute Gasteiger partial charge is 0.0391 e. The molecule has 1 atom stereocenters. The quantitative estimate of drug-likeness (QED) is 0.591. The molecule has 2 heterocycles. The fourth-order valence-electron chi connectivity index (χ4n) is 4.93. The average molecular weight is 352 g/mol. The van der Waals surface area contributed by atoms with Crippen molar-refractivity contribution >= 4 is 0 Å². The summed E-state index contributed by atoms with van der Waals surface area (Å²) in [5.74, 6) is 0.741. The minimum atomic E-state index is 0.595. The number of benzene rings is 1. The van der Waals surface area contributed by atoms with Gasteiger partial charge in [-0.1, -0.05) is 57.0 Å². The van der Waals surface area contributed by atoms with Gasteiger partial charge < -0.3 is 0 Å². The molecule has 26 heavy (non-hydrogen) atoms. The van der Waals surface area contributed by atoms with Gasteiger partial charge in [0.2, 0.25) is 0 Å². The van der Waals surface area contributed by atoms with Gasteiger partial charge in [-0.25, -0.2) is 0 Å². The van der Waals surface area contributed by atoms with E-state index in [4.69, 9.17) is 0 Å². The third-order valence-corrected chi connectivity index (χ3v) is 6.26. The molecule has 0 N–H and O–H groups in total. The molecule has 3 rings (SSSR count). The third kappa shape index (κ3) is 3.98. The van der Waals surface area contributed by atoms with Crippen molar-refractivity contribution in [3.05, 3.63) is 57.2 Å². The first-order chi connectivity index (χ1) is 12.4. The van der Waals surface area contributed by atoms with Gasteiger partial charge in [0.25, 0.3) is 0 Å². The van der Waals surface area contributed by atoms with Gasteiger partial charge in [0.15, 0.2) is 0 Å². The standard InChI is InChI=1S/C25H37N/c1-7-20-14-22-9-10-26-16-23(12-18(5)11-17(3)4)19(6)13-25(26)24(22)15-21(20)8-2/h12,14-15,17,25H,7-11,13,16H2,1-6H3/b18-12+. The second kappa shape index (κ2) is 8.13. The molecule has 2 aliphatic heterocycles. The van der Waals surface area contributed by atoms with Gasteiger partial charge >= 0.3 is 0 Å². The molecule has 0 saturated heterocycles. The lowest BCUT2D eigenvalue weighted by Crippen LogP contribution is -2.39. The van der Waals surface area contributed by atoms with E-state index in [-0.39, 0.29) is 0 Å². The number of fused-ring (bicyclic) bond motifs is 3. The summed E-state index contributed by atoms with van der Waals surface area (Å²) in [7, 11) is 0. The molecule has 0 amide bonds. The highest BCUT2D eigenvalue weighted by molar-refractivity contribution is 5.44. The molecule has 0 radical (unpaired) electrons. The fourth-order valence-corrected chi connectivity index (χ4v) is 4.93. The molecule has 0 aromatic heterocycles. The SMILES string of the molecule is CCc1cc2c(cc1CC)C1CC(C)=C(/C=C(\C)CC(C)C)CN1CC2. The Hall–Kier alpha value is -1.34. The number of rotatable bonds is 5. The summed E-state index contributed by atoms with van der Waals surface area (Å²) in [5, 5.41) is 0. The minimum Gasteiger partial charge on any atom is -0.291 e. The first-order valence-electron chi connectivity index (χ1n) is 10.7. The van der Waals surface area contributed by atoms with Crippen LogP contribution in [0.4, 0.5) is 0 Å². The Morgan fingerprint density at radius 1 is 1.19 bits per heavy atom. The van der Waals surface area contributed by atoms with Crippen LogP contribution in [-0.4, -0.2) is 18.0 Å². The van der Waals surface area contributed by atoms with E-state index in [1.807, 2.05) is 0 Å². The van der Waals surface area contributed by atoms with Crippen LogP contribution in [0.2, 0.25) is 0 Å². The summed E-state index contributed by atoms with van der Waals surface area (Å²) in [6.07, 6.45) is 8.42. The molecule has 2 aliphatic rings. The molecular formula is C25H37N. The topological polar surface area (TPSA) is 3.24 Å². The van der Waals surface area contributed by atoms with E-state index in [0.717, 1.165) is 25.3 Å². The molecule has 1 unspecified atom stereocenters. The Labute approximate surface area is 161 Å². The molecule has 142 valence electrons. The molecule has 1 nitrogen and oxygen atoms in total. The first kappa shape index (κ1) is 19.4. The maximum Gasteiger partial charge on any atom is 0.0391 e. The summed E-state index contributed by atoms with van der Waals surface area (Å²) in [6, 6.07) is 5.66. The molecule has 0 saturated carbocycles. The number of aryl methyl sites for hydroxylation is 2. The van der Waals surface area contributed by atoms with Gasteiger partial charge in [0.05, 0.1) is 0 Å². The zero-order valence-electron chi connectivity index (χ0n) is 17.8.